The second-order valence-corrected chi connectivity index (χ2v) is 3.65. The predicted molar refractivity (Wildman–Crippen MR) is 68.2 cm³/mol. The Labute approximate surface area is 110 Å². The molecule has 19 heavy (non-hydrogen) atoms. The number of carbonyl (C=O) groups excluding carboxylic acids is 3. The number of nitrogen functional groups attached to an aromatic ring is 1. The fourth-order valence-electron chi connectivity index (χ4n) is 1.15. The fraction of sp³-hybridized carbons (Fsp3) is 0.250. The summed E-state index contributed by atoms with van der Waals surface area (Å²) in [6.07, 6.45) is 0. The number of likely N-dealkylation sites (N-methyl/N-ethyl adjacent to an activating group) is 1. The van der Waals surface area contributed by atoms with Gasteiger partial charge in [0, 0.05) is 12.7 Å². The van der Waals surface area contributed by atoms with Gasteiger partial charge in [0.1, 0.15) is 0 Å². The number of anilines is 1. The van der Waals surface area contributed by atoms with Crippen LogP contribution in [0.15, 0.2) is 24.3 Å². The average Bonchev–Trinajstić information content (AvgIpc) is 2.42. The second-order valence-electron chi connectivity index (χ2n) is 3.65. The van der Waals surface area contributed by atoms with E-state index in [4.69, 9.17) is 10.5 Å². The molecule has 7 heteroatoms. The van der Waals surface area contributed by atoms with Crippen molar-refractivity contribution >= 4 is 23.5 Å². The molecule has 0 aliphatic rings. The normalized spacial score (nSPS) is 9.53. The molecule has 1 rings (SSSR count). The Morgan fingerprint density at radius 2 is 1.79 bits per heavy atom. The van der Waals surface area contributed by atoms with E-state index >= 15 is 0 Å². The maximum Gasteiger partial charge on any atom is 0.338 e. The van der Waals surface area contributed by atoms with Crippen LogP contribution in [0.2, 0.25) is 0 Å². The van der Waals surface area contributed by atoms with Crippen molar-refractivity contribution in [3.8, 4) is 0 Å². The van der Waals surface area contributed by atoms with E-state index in [1.807, 2.05) is 0 Å². The van der Waals surface area contributed by atoms with Gasteiger partial charge < -0.3 is 21.1 Å². The van der Waals surface area contributed by atoms with Crippen LogP contribution < -0.4 is 16.4 Å². The topological polar surface area (TPSA) is 111 Å². The molecular weight excluding hydrogens is 250 g/mol. The van der Waals surface area contributed by atoms with E-state index in [-0.39, 0.29) is 12.5 Å². The molecule has 0 spiro atoms. The van der Waals surface area contributed by atoms with E-state index in [2.05, 4.69) is 10.6 Å². The Bertz CT molecular complexity index is 470. The first kappa shape index (κ1) is 14.5. The van der Waals surface area contributed by atoms with E-state index in [1.165, 1.54) is 19.2 Å². The summed E-state index contributed by atoms with van der Waals surface area (Å²) in [5, 5.41) is 4.64. The summed E-state index contributed by atoms with van der Waals surface area (Å²) in [6, 6.07) is 6.12. The van der Waals surface area contributed by atoms with Crippen LogP contribution in [0.5, 0.6) is 0 Å². The first-order chi connectivity index (χ1) is 9.02. The molecule has 102 valence electrons. The van der Waals surface area contributed by atoms with Crippen molar-refractivity contribution < 1.29 is 19.1 Å². The fourth-order valence-corrected chi connectivity index (χ4v) is 1.15. The molecule has 0 unspecified atom stereocenters. The molecule has 0 atom stereocenters. The predicted octanol–water partition coefficient (Wildman–Crippen LogP) is -0.712. The zero-order valence-electron chi connectivity index (χ0n) is 10.4. The van der Waals surface area contributed by atoms with Gasteiger partial charge in [0.2, 0.25) is 5.91 Å². The molecule has 0 aliphatic heterocycles. The summed E-state index contributed by atoms with van der Waals surface area (Å²) in [6.45, 7) is -0.602. The van der Waals surface area contributed by atoms with Gasteiger partial charge in [-0.25, -0.2) is 4.79 Å². The summed E-state index contributed by atoms with van der Waals surface area (Å²) in [5.41, 5.74) is 6.30. The van der Waals surface area contributed by atoms with Gasteiger partial charge in [0.15, 0.2) is 6.61 Å². The highest BCUT2D eigenvalue weighted by Gasteiger charge is 2.10. The average molecular weight is 265 g/mol. The number of amides is 2. The maximum atomic E-state index is 11.5. The summed E-state index contributed by atoms with van der Waals surface area (Å²) in [4.78, 5) is 33.7. The van der Waals surface area contributed by atoms with Gasteiger partial charge in [-0.15, -0.1) is 0 Å². The molecule has 0 aliphatic carbocycles. The highest BCUT2D eigenvalue weighted by molar-refractivity contribution is 5.92. The SMILES string of the molecule is CNC(=O)CNC(=O)COC(=O)c1ccc(N)cc1. The number of benzene rings is 1. The second kappa shape index (κ2) is 7.00. The molecule has 0 fully saturated rings. The molecule has 1 aromatic rings. The number of carbonyl (C=O) groups is 3. The third kappa shape index (κ3) is 5.07. The number of ether oxygens (including phenoxy) is 1. The number of hydrogen-bond donors (Lipinski definition) is 3. The van der Waals surface area contributed by atoms with Gasteiger partial charge in [0.05, 0.1) is 12.1 Å². The lowest BCUT2D eigenvalue weighted by Gasteiger charge is -2.06. The van der Waals surface area contributed by atoms with Crippen molar-refractivity contribution in [2.24, 2.45) is 0 Å². The molecule has 7 nitrogen and oxygen atoms in total. The Morgan fingerprint density at radius 3 is 2.37 bits per heavy atom. The molecule has 0 heterocycles. The van der Waals surface area contributed by atoms with Crippen LogP contribution >= 0.6 is 0 Å². The van der Waals surface area contributed by atoms with Crippen LogP contribution in [-0.2, 0) is 14.3 Å². The maximum absolute atomic E-state index is 11.5. The Hall–Kier alpha value is -2.57. The largest absolute Gasteiger partial charge is 0.452 e. The van der Waals surface area contributed by atoms with Crippen LogP contribution in [-0.4, -0.2) is 38.0 Å². The molecule has 1 aromatic carbocycles. The number of rotatable bonds is 5. The van der Waals surface area contributed by atoms with Crippen molar-refractivity contribution in [2.75, 3.05) is 25.9 Å². The highest BCUT2D eigenvalue weighted by atomic mass is 16.5. The molecule has 0 saturated carbocycles. The van der Waals surface area contributed by atoms with Crippen molar-refractivity contribution in [1.82, 2.24) is 10.6 Å². The molecule has 0 saturated heterocycles. The van der Waals surface area contributed by atoms with Crippen LogP contribution in [0, 0.1) is 0 Å². The molecule has 0 aromatic heterocycles. The number of hydrogen-bond acceptors (Lipinski definition) is 5. The van der Waals surface area contributed by atoms with Crippen LogP contribution in [0.1, 0.15) is 10.4 Å². The lowest BCUT2D eigenvalue weighted by Crippen LogP contribution is -2.37. The third-order valence-electron chi connectivity index (χ3n) is 2.21. The van der Waals surface area contributed by atoms with Gasteiger partial charge in [0.25, 0.3) is 5.91 Å². The van der Waals surface area contributed by atoms with Gasteiger partial charge >= 0.3 is 5.97 Å². The van der Waals surface area contributed by atoms with Gasteiger partial charge in [-0.05, 0) is 24.3 Å². The minimum atomic E-state index is -0.630. The third-order valence-corrected chi connectivity index (χ3v) is 2.21. The van der Waals surface area contributed by atoms with Crippen molar-refractivity contribution in [1.29, 1.82) is 0 Å². The van der Waals surface area contributed by atoms with Crippen molar-refractivity contribution in [2.45, 2.75) is 0 Å². The first-order valence-electron chi connectivity index (χ1n) is 5.53. The smallest absolute Gasteiger partial charge is 0.338 e. The lowest BCUT2D eigenvalue weighted by molar-refractivity contribution is -0.127. The van der Waals surface area contributed by atoms with Crippen molar-refractivity contribution in [3.05, 3.63) is 29.8 Å². The highest BCUT2D eigenvalue weighted by Crippen LogP contribution is 2.06. The van der Waals surface area contributed by atoms with E-state index in [0.717, 1.165) is 0 Å². The zero-order chi connectivity index (χ0) is 14.3. The molecule has 0 bridgehead atoms. The van der Waals surface area contributed by atoms with E-state index in [0.29, 0.717) is 11.3 Å². The monoisotopic (exact) mass is 265 g/mol. The lowest BCUT2D eigenvalue weighted by atomic mass is 10.2. The van der Waals surface area contributed by atoms with Gasteiger partial charge in [-0.2, -0.15) is 0 Å². The Morgan fingerprint density at radius 1 is 1.16 bits per heavy atom. The van der Waals surface area contributed by atoms with Crippen LogP contribution in [0.25, 0.3) is 0 Å². The van der Waals surface area contributed by atoms with E-state index < -0.39 is 18.5 Å². The zero-order valence-corrected chi connectivity index (χ0v) is 10.4. The minimum Gasteiger partial charge on any atom is -0.452 e. The summed E-state index contributed by atoms with van der Waals surface area (Å²) >= 11 is 0. The summed E-state index contributed by atoms with van der Waals surface area (Å²) < 4.78 is 4.77. The van der Waals surface area contributed by atoms with E-state index in [9.17, 15) is 14.4 Å². The molecular formula is C12H15N3O4. The van der Waals surface area contributed by atoms with Crippen LogP contribution in [0.4, 0.5) is 5.69 Å². The summed E-state index contributed by atoms with van der Waals surface area (Å²) in [5.74, 6) is -1.51. The van der Waals surface area contributed by atoms with E-state index in [1.54, 1.807) is 12.1 Å². The van der Waals surface area contributed by atoms with Gasteiger partial charge in [-0.3, -0.25) is 9.59 Å². The first-order valence-corrected chi connectivity index (χ1v) is 5.53. The van der Waals surface area contributed by atoms with Gasteiger partial charge in [-0.1, -0.05) is 0 Å². The number of esters is 1. The summed E-state index contributed by atoms with van der Waals surface area (Å²) in [7, 11) is 1.45. The Balaban J connectivity index is 2.36. The Kier molecular flexibility index (Phi) is 5.34. The standard InChI is InChI=1S/C12H15N3O4/c1-14-10(16)6-15-11(17)7-19-12(18)8-2-4-9(13)5-3-8/h2-5H,6-7,13H2,1H3,(H,14,16)(H,15,17). The molecule has 0 radical (unpaired) electrons. The quantitative estimate of drug-likeness (QED) is 0.481. The molecule has 4 N–H and O–H groups in total. The number of nitrogens with two attached hydrogens (primary N) is 1. The number of nitrogens with one attached hydrogen (secondary N) is 2. The van der Waals surface area contributed by atoms with Crippen LogP contribution in [0.3, 0.4) is 0 Å². The minimum absolute atomic E-state index is 0.158. The molecule has 2 amide bonds. The van der Waals surface area contributed by atoms with Crippen molar-refractivity contribution in [3.63, 3.8) is 0 Å².